The number of nitrogens with one attached hydrogen (secondary N) is 1. The molecule has 0 fully saturated rings. The molecule has 7 nitrogen and oxygen atoms in total. The van der Waals surface area contributed by atoms with Crippen molar-refractivity contribution >= 4 is 40.1 Å². The zero-order chi connectivity index (χ0) is 27.3. The minimum atomic E-state index is -0.700. The van der Waals surface area contributed by atoms with Gasteiger partial charge >= 0.3 is 0 Å². The third-order valence-corrected chi connectivity index (χ3v) is 8.05. The van der Waals surface area contributed by atoms with Gasteiger partial charge in [-0.15, -0.1) is 0 Å². The van der Waals surface area contributed by atoms with Gasteiger partial charge in [0, 0.05) is 17.3 Å². The number of allylic oxidation sites excluding steroid dienone is 1. The summed E-state index contributed by atoms with van der Waals surface area (Å²) in [7, 11) is 0. The molecule has 0 unspecified atom stereocenters. The predicted octanol–water partition coefficient (Wildman–Crippen LogP) is 4.00. The van der Waals surface area contributed by atoms with Crippen LogP contribution in [-0.2, 0) is 9.59 Å². The van der Waals surface area contributed by atoms with Gasteiger partial charge < -0.3 is 10.2 Å². The monoisotopic (exact) mass is 534 g/mol. The molecule has 6 rings (SSSR count). The van der Waals surface area contributed by atoms with Crippen LogP contribution in [0.4, 0.5) is 11.4 Å². The smallest absolute Gasteiger partial charge is 0.271 e. The molecule has 0 saturated heterocycles. The van der Waals surface area contributed by atoms with Crippen molar-refractivity contribution < 1.29 is 9.59 Å². The number of para-hydroxylation sites is 2. The topological polar surface area (TPSA) is 83.8 Å². The maximum absolute atomic E-state index is 14.2. The van der Waals surface area contributed by atoms with E-state index in [1.165, 1.54) is 11.3 Å². The number of amides is 2. The van der Waals surface area contributed by atoms with Crippen molar-refractivity contribution in [1.29, 1.82) is 0 Å². The van der Waals surface area contributed by atoms with Gasteiger partial charge in [-0.2, -0.15) is 0 Å². The van der Waals surface area contributed by atoms with Gasteiger partial charge in [0.1, 0.15) is 4.53 Å². The number of rotatable bonds is 4. The van der Waals surface area contributed by atoms with E-state index in [1.54, 1.807) is 16.4 Å². The molecular weight excluding hydrogens is 508 g/mol. The van der Waals surface area contributed by atoms with E-state index in [2.05, 4.69) is 5.32 Å². The molecule has 0 spiro atoms. The lowest BCUT2D eigenvalue weighted by Crippen LogP contribution is -2.41. The van der Waals surface area contributed by atoms with Crippen molar-refractivity contribution in [2.75, 3.05) is 10.2 Å². The standard InChI is InChI=1S/C31H26N4O3S/c1-18(2)34-23-17-11-10-16-22(23)25(29(34)37)27-30(38)35-26(20-12-6-4-7-13-20)24(19(3)32-31(35)39-27)28(36)33-21-14-8-5-9-15-21/h4-18,26H,1-3H3,(H,33,36)/b27-25+/t26-/m0/s1. The van der Waals surface area contributed by atoms with Crippen molar-refractivity contribution in [3.63, 3.8) is 0 Å². The van der Waals surface area contributed by atoms with Crippen LogP contribution in [0.3, 0.4) is 0 Å². The second-order valence-corrected chi connectivity index (χ2v) is 10.8. The number of benzene rings is 3. The fourth-order valence-electron chi connectivity index (χ4n) is 5.31. The van der Waals surface area contributed by atoms with Crippen LogP contribution in [0.2, 0.25) is 0 Å². The number of thiazole rings is 1. The van der Waals surface area contributed by atoms with Crippen molar-refractivity contribution in [2.24, 2.45) is 4.99 Å². The van der Waals surface area contributed by atoms with E-state index in [4.69, 9.17) is 4.99 Å². The predicted molar refractivity (Wildman–Crippen MR) is 153 cm³/mol. The van der Waals surface area contributed by atoms with E-state index in [0.717, 1.165) is 16.8 Å². The quantitative estimate of drug-likeness (QED) is 0.430. The zero-order valence-corrected chi connectivity index (χ0v) is 22.5. The van der Waals surface area contributed by atoms with E-state index in [-0.39, 0.29) is 23.4 Å². The largest absolute Gasteiger partial charge is 0.322 e. The average molecular weight is 535 g/mol. The second-order valence-electron chi connectivity index (χ2n) is 9.79. The maximum atomic E-state index is 14.2. The molecule has 8 heteroatoms. The van der Waals surface area contributed by atoms with Crippen LogP contribution in [0.1, 0.15) is 37.9 Å². The molecule has 3 aromatic carbocycles. The van der Waals surface area contributed by atoms with Gasteiger partial charge in [0.2, 0.25) is 0 Å². The summed E-state index contributed by atoms with van der Waals surface area (Å²) in [4.78, 5) is 48.5. The highest BCUT2D eigenvalue weighted by Crippen LogP contribution is 2.37. The van der Waals surface area contributed by atoms with E-state index in [0.29, 0.717) is 31.9 Å². The van der Waals surface area contributed by atoms with Gasteiger partial charge in [0.05, 0.1) is 28.6 Å². The van der Waals surface area contributed by atoms with Crippen molar-refractivity contribution in [1.82, 2.24) is 4.57 Å². The van der Waals surface area contributed by atoms with E-state index in [1.807, 2.05) is 98.8 Å². The number of nitrogens with zero attached hydrogens (tertiary/aromatic N) is 3. The van der Waals surface area contributed by atoms with Gasteiger partial charge in [-0.1, -0.05) is 78.1 Å². The van der Waals surface area contributed by atoms with Crippen LogP contribution >= 0.6 is 11.3 Å². The molecule has 2 aliphatic heterocycles. The fraction of sp³-hybridized carbons (Fsp3) is 0.161. The lowest BCUT2D eigenvalue weighted by Gasteiger charge is -2.25. The first-order valence-electron chi connectivity index (χ1n) is 12.8. The number of aromatic nitrogens is 1. The van der Waals surface area contributed by atoms with E-state index >= 15 is 0 Å². The molecule has 194 valence electrons. The Hall–Kier alpha value is -4.56. The van der Waals surface area contributed by atoms with Gasteiger partial charge in [-0.25, -0.2) is 4.99 Å². The third kappa shape index (κ3) is 4.04. The van der Waals surface area contributed by atoms with Crippen LogP contribution in [0.25, 0.3) is 5.57 Å². The van der Waals surface area contributed by atoms with Crippen LogP contribution in [0, 0.1) is 0 Å². The van der Waals surface area contributed by atoms with Crippen LogP contribution in [0.5, 0.6) is 0 Å². The van der Waals surface area contributed by atoms with Gasteiger partial charge in [-0.3, -0.25) is 19.0 Å². The Morgan fingerprint density at radius 2 is 1.56 bits per heavy atom. The summed E-state index contributed by atoms with van der Waals surface area (Å²) >= 11 is 1.19. The Morgan fingerprint density at radius 3 is 2.26 bits per heavy atom. The number of carbonyl (C=O) groups is 2. The molecule has 1 N–H and O–H groups in total. The molecule has 0 aliphatic carbocycles. The summed E-state index contributed by atoms with van der Waals surface area (Å²) in [5.74, 6) is -0.534. The van der Waals surface area contributed by atoms with Crippen molar-refractivity contribution in [2.45, 2.75) is 32.9 Å². The van der Waals surface area contributed by atoms with Crippen molar-refractivity contribution in [3.8, 4) is 0 Å². The van der Waals surface area contributed by atoms with Gasteiger partial charge in [-0.05, 0) is 44.5 Å². The van der Waals surface area contributed by atoms with Crippen LogP contribution in [0.15, 0.2) is 106 Å². The third-order valence-electron chi connectivity index (χ3n) is 7.00. The summed E-state index contributed by atoms with van der Waals surface area (Å²) in [5, 5.41) is 2.96. The Bertz CT molecular complexity index is 1840. The summed E-state index contributed by atoms with van der Waals surface area (Å²) in [5.41, 5.74) is 3.90. The molecule has 39 heavy (non-hydrogen) atoms. The van der Waals surface area contributed by atoms with Crippen molar-refractivity contribution in [3.05, 3.63) is 127 Å². The summed E-state index contributed by atoms with van der Waals surface area (Å²) in [6.45, 7) is 5.69. The minimum absolute atomic E-state index is 0.0764. The van der Waals surface area contributed by atoms with Crippen LogP contribution < -0.4 is 25.1 Å². The number of carbonyl (C=O) groups excluding carboxylic acids is 2. The first-order chi connectivity index (χ1) is 18.9. The number of hydrogen-bond acceptors (Lipinski definition) is 5. The second kappa shape index (κ2) is 9.63. The first kappa shape index (κ1) is 24.8. The molecule has 1 aromatic heterocycles. The zero-order valence-electron chi connectivity index (χ0n) is 21.7. The van der Waals surface area contributed by atoms with Crippen LogP contribution in [-0.4, -0.2) is 22.4 Å². The normalized spacial score (nSPS) is 17.7. The molecule has 0 bridgehead atoms. The summed E-state index contributed by atoms with van der Waals surface area (Å²) in [6.07, 6.45) is 0. The molecule has 4 aromatic rings. The SMILES string of the molecule is CC1=C(C(=O)Nc2ccccc2)[C@H](c2ccccc2)n2c(s/c(=C3/C(=O)N(C(C)C)c4ccccc43)c2=O)=N1. The number of fused-ring (bicyclic) bond motifs is 2. The maximum Gasteiger partial charge on any atom is 0.271 e. The fourth-order valence-corrected chi connectivity index (χ4v) is 6.44. The van der Waals surface area contributed by atoms with Gasteiger partial charge in [0.25, 0.3) is 17.4 Å². The van der Waals surface area contributed by atoms with E-state index in [9.17, 15) is 14.4 Å². The summed E-state index contributed by atoms with van der Waals surface area (Å²) < 4.78 is 1.89. The summed E-state index contributed by atoms with van der Waals surface area (Å²) in [6, 6.07) is 25.4. The number of anilines is 2. The molecule has 0 saturated carbocycles. The highest BCUT2D eigenvalue weighted by atomic mass is 32.1. The highest BCUT2D eigenvalue weighted by molar-refractivity contribution is 7.07. The molecular formula is C31H26N4O3S. The lowest BCUT2D eigenvalue weighted by atomic mass is 9.95. The Morgan fingerprint density at radius 1 is 0.923 bits per heavy atom. The molecule has 1 atom stereocenters. The average Bonchev–Trinajstić information content (AvgIpc) is 3.41. The molecule has 3 heterocycles. The highest BCUT2D eigenvalue weighted by Gasteiger charge is 2.37. The van der Waals surface area contributed by atoms with E-state index < -0.39 is 6.04 Å². The lowest BCUT2D eigenvalue weighted by molar-refractivity contribution is -0.114. The van der Waals surface area contributed by atoms with Gasteiger partial charge in [0.15, 0.2) is 4.80 Å². The molecule has 0 radical (unpaired) electrons. The Kier molecular flexibility index (Phi) is 6.12. The Balaban J connectivity index is 1.59. The molecule has 2 aliphatic rings. The first-order valence-corrected chi connectivity index (χ1v) is 13.6. The minimum Gasteiger partial charge on any atom is -0.322 e. The number of hydrogen-bond donors (Lipinski definition) is 1. The Labute approximate surface area is 229 Å². The molecule has 2 amide bonds.